The second kappa shape index (κ2) is 10.0. The monoisotopic (exact) mass is 489 g/mol. The molecular weight excluding hydrogens is 462 g/mol. The maximum atomic E-state index is 13.0. The lowest BCUT2D eigenvalue weighted by atomic mass is 10.2. The number of anilines is 2. The molecule has 8 nitrogen and oxygen atoms in total. The minimum Gasteiger partial charge on any atom is -0.492 e. The van der Waals surface area contributed by atoms with Crippen LogP contribution < -0.4 is 14.8 Å². The molecule has 2 aliphatic heterocycles. The first-order valence-electron chi connectivity index (χ1n) is 11.0. The van der Waals surface area contributed by atoms with Crippen LogP contribution in [-0.2, 0) is 19.6 Å². The molecule has 2 aromatic rings. The maximum absolute atomic E-state index is 13.0. The number of nitrogens with one attached hydrogen (secondary N) is 2. The lowest BCUT2D eigenvalue weighted by Gasteiger charge is -2.28. The number of likely N-dealkylation sites (tertiary alicyclic amines) is 1. The Balaban J connectivity index is 1.53. The Morgan fingerprint density at radius 2 is 1.88 bits per heavy atom. The fourth-order valence-electron chi connectivity index (χ4n) is 3.91. The molecule has 176 valence electrons. The summed E-state index contributed by atoms with van der Waals surface area (Å²) in [6, 6.07) is 11.3. The Bertz CT molecular complexity index is 1140. The Morgan fingerprint density at radius 3 is 2.61 bits per heavy atom. The van der Waals surface area contributed by atoms with Gasteiger partial charge in [-0.05, 0) is 50.1 Å². The van der Waals surface area contributed by atoms with Gasteiger partial charge in [0.25, 0.3) is 10.0 Å². The predicted octanol–water partition coefficient (Wildman–Crippen LogP) is 3.70. The van der Waals surface area contributed by atoms with Gasteiger partial charge in [-0.1, -0.05) is 25.0 Å². The van der Waals surface area contributed by atoms with Crippen LogP contribution in [0.15, 0.2) is 52.3 Å². The van der Waals surface area contributed by atoms with Crippen LogP contribution in [0.4, 0.5) is 11.4 Å². The Morgan fingerprint density at radius 1 is 1.15 bits per heavy atom. The van der Waals surface area contributed by atoms with E-state index in [4.69, 9.17) is 4.74 Å². The fourth-order valence-corrected chi connectivity index (χ4v) is 6.06. The quantitative estimate of drug-likeness (QED) is 0.600. The van der Waals surface area contributed by atoms with Crippen LogP contribution in [0.25, 0.3) is 0 Å². The molecule has 10 heteroatoms. The van der Waals surface area contributed by atoms with Gasteiger partial charge in [-0.2, -0.15) is 0 Å². The largest absolute Gasteiger partial charge is 0.492 e. The first kappa shape index (κ1) is 23.4. The van der Waals surface area contributed by atoms with E-state index in [1.54, 1.807) is 35.2 Å². The highest BCUT2D eigenvalue weighted by Gasteiger charge is 2.36. The SMILES string of the molecule is CCOc1ccccc1NS(=O)(=O)c1ccc2c(c1)NC(=O)C(C(=O)N1CCCCCC1)S2. The second-order valence-corrected chi connectivity index (χ2v) is 10.7. The molecule has 0 aliphatic carbocycles. The number of carbonyl (C=O) groups excluding carboxylic acids is 2. The highest BCUT2D eigenvalue weighted by Crippen LogP contribution is 2.38. The van der Waals surface area contributed by atoms with Gasteiger partial charge in [-0.25, -0.2) is 8.42 Å². The third-order valence-corrected chi connectivity index (χ3v) is 8.20. The zero-order valence-corrected chi connectivity index (χ0v) is 20.0. The average Bonchev–Trinajstić information content (AvgIpc) is 3.09. The van der Waals surface area contributed by atoms with Gasteiger partial charge in [-0.15, -0.1) is 11.8 Å². The minimum atomic E-state index is -3.92. The van der Waals surface area contributed by atoms with Crippen molar-refractivity contribution in [3.05, 3.63) is 42.5 Å². The summed E-state index contributed by atoms with van der Waals surface area (Å²) in [4.78, 5) is 28.1. The lowest BCUT2D eigenvalue weighted by Crippen LogP contribution is -2.45. The molecule has 2 aromatic carbocycles. The van der Waals surface area contributed by atoms with Gasteiger partial charge < -0.3 is 15.0 Å². The number of ether oxygens (including phenoxy) is 1. The summed E-state index contributed by atoms with van der Waals surface area (Å²) >= 11 is 1.17. The molecule has 33 heavy (non-hydrogen) atoms. The van der Waals surface area contributed by atoms with E-state index in [2.05, 4.69) is 10.0 Å². The molecule has 1 fully saturated rings. The predicted molar refractivity (Wildman–Crippen MR) is 128 cm³/mol. The van der Waals surface area contributed by atoms with Crippen LogP contribution in [0.5, 0.6) is 5.75 Å². The van der Waals surface area contributed by atoms with Gasteiger partial charge in [0.2, 0.25) is 11.8 Å². The number of amides is 2. The number of para-hydroxylation sites is 2. The van der Waals surface area contributed by atoms with Crippen molar-refractivity contribution in [1.82, 2.24) is 4.90 Å². The van der Waals surface area contributed by atoms with Crippen molar-refractivity contribution in [3.8, 4) is 5.75 Å². The molecule has 2 N–H and O–H groups in total. The van der Waals surface area contributed by atoms with E-state index in [0.717, 1.165) is 25.7 Å². The minimum absolute atomic E-state index is 0.00532. The van der Waals surface area contributed by atoms with Crippen molar-refractivity contribution in [2.75, 3.05) is 29.7 Å². The van der Waals surface area contributed by atoms with E-state index >= 15 is 0 Å². The highest BCUT2D eigenvalue weighted by molar-refractivity contribution is 8.01. The average molecular weight is 490 g/mol. The van der Waals surface area contributed by atoms with Crippen LogP contribution in [-0.4, -0.2) is 50.1 Å². The number of hydrogen-bond donors (Lipinski definition) is 2. The van der Waals surface area contributed by atoms with Gasteiger partial charge in [0.05, 0.1) is 22.9 Å². The molecule has 4 rings (SSSR count). The zero-order valence-electron chi connectivity index (χ0n) is 18.4. The summed E-state index contributed by atoms with van der Waals surface area (Å²) in [7, 11) is -3.92. The van der Waals surface area contributed by atoms with Gasteiger partial charge >= 0.3 is 0 Å². The smallest absolute Gasteiger partial charge is 0.262 e. The Hall–Kier alpha value is -2.72. The molecule has 2 heterocycles. The summed E-state index contributed by atoms with van der Waals surface area (Å²) in [6.07, 6.45) is 4.08. The van der Waals surface area contributed by atoms with Gasteiger partial charge in [-0.3, -0.25) is 14.3 Å². The van der Waals surface area contributed by atoms with E-state index in [1.807, 2.05) is 6.92 Å². The van der Waals surface area contributed by atoms with E-state index in [1.165, 1.54) is 23.9 Å². The first-order chi connectivity index (χ1) is 15.9. The lowest BCUT2D eigenvalue weighted by molar-refractivity contribution is -0.133. The topological polar surface area (TPSA) is 105 Å². The molecule has 1 unspecified atom stereocenters. The number of fused-ring (bicyclic) bond motifs is 1. The fraction of sp³-hybridized carbons (Fsp3) is 0.391. The van der Waals surface area contributed by atoms with Crippen LogP contribution in [0, 0.1) is 0 Å². The molecule has 0 aromatic heterocycles. The van der Waals surface area contributed by atoms with Crippen molar-refractivity contribution in [3.63, 3.8) is 0 Å². The molecule has 0 radical (unpaired) electrons. The number of benzene rings is 2. The van der Waals surface area contributed by atoms with Crippen LogP contribution in [0.2, 0.25) is 0 Å². The molecular formula is C23H27N3O5S2. The normalized spacial score (nSPS) is 18.6. The first-order valence-corrected chi connectivity index (χ1v) is 13.4. The standard InChI is InChI=1S/C23H27N3O5S2/c1-2-31-19-10-6-5-9-17(19)25-33(29,30)16-11-12-20-18(15-16)24-22(27)21(32-20)23(28)26-13-7-3-4-8-14-26/h5-6,9-12,15,21,25H,2-4,7-8,13-14H2,1H3,(H,24,27). The van der Waals surface area contributed by atoms with Gasteiger partial charge in [0.15, 0.2) is 5.25 Å². The summed E-state index contributed by atoms with van der Waals surface area (Å²) in [5.74, 6) is -0.179. The van der Waals surface area contributed by atoms with Crippen molar-refractivity contribution in [1.29, 1.82) is 0 Å². The molecule has 2 aliphatic rings. The third-order valence-electron chi connectivity index (χ3n) is 5.58. The summed E-state index contributed by atoms with van der Waals surface area (Å²) in [5.41, 5.74) is 0.712. The molecule has 0 bridgehead atoms. The van der Waals surface area contributed by atoms with E-state index in [-0.39, 0.29) is 10.8 Å². The highest BCUT2D eigenvalue weighted by atomic mass is 32.2. The molecule has 1 saturated heterocycles. The number of nitrogens with zero attached hydrogens (tertiary/aromatic N) is 1. The van der Waals surface area contributed by atoms with Crippen molar-refractivity contribution >= 4 is 45.0 Å². The molecule has 1 atom stereocenters. The van der Waals surface area contributed by atoms with E-state index < -0.39 is 21.2 Å². The number of sulfonamides is 1. The number of thioether (sulfide) groups is 1. The molecule has 2 amide bonds. The number of rotatable bonds is 6. The van der Waals surface area contributed by atoms with E-state index in [0.29, 0.717) is 41.7 Å². The number of carbonyl (C=O) groups is 2. The number of hydrogen-bond acceptors (Lipinski definition) is 6. The van der Waals surface area contributed by atoms with E-state index in [9.17, 15) is 18.0 Å². The summed E-state index contributed by atoms with van der Waals surface area (Å²) in [5, 5.41) is 1.86. The van der Waals surface area contributed by atoms with Crippen molar-refractivity contribution in [2.24, 2.45) is 0 Å². The molecule has 0 spiro atoms. The van der Waals surface area contributed by atoms with Gasteiger partial charge in [0, 0.05) is 18.0 Å². The summed E-state index contributed by atoms with van der Waals surface area (Å²) in [6.45, 7) is 3.56. The Kier molecular flexibility index (Phi) is 7.14. The van der Waals surface area contributed by atoms with Crippen LogP contribution in [0.1, 0.15) is 32.6 Å². The summed E-state index contributed by atoms with van der Waals surface area (Å²) < 4.78 is 34.0. The van der Waals surface area contributed by atoms with Gasteiger partial charge in [0.1, 0.15) is 5.75 Å². The van der Waals surface area contributed by atoms with Crippen molar-refractivity contribution < 1.29 is 22.7 Å². The molecule has 0 saturated carbocycles. The van der Waals surface area contributed by atoms with Crippen molar-refractivity contribution in [2.45, 2.75) is 47.6 Å². The second-order valence-electron chi connectivity index (χ2n) is 7.92. The zero-order chi connectivity index (χ0) is 23.4. The maximum Gasteiger partial charge on any atom is 0.262 e. The van der Waals surface area contributed by atoms with Crippen LogP contribution in [0.3, 0.4) is 0 Å². The Labute approximate surface area is 198 Å². The third kappa shape index (κ3) is 5.27. The van der Waals surface area contributed by atoms with Crippen LogP contribution >= 0.6 is 11.8 Å².